The molecule has 2 atom stereocenters. The van der Waals surface area contributed by atoms with Crippen LogP contribution in [-0.4, -0.2) is 29.8 Å². The highest BCUT2D eigenvalue weighted by atomic mass is 16.3. The molecule has 82 valence electrons. The molecule has 0 aromatic rings. The second-order valence-corrected chi connectivity index (χ2v) is 4.96. The minimum absolute atomic E-state index is 0.245. The van der Waals surface area contributed by atoms with Gasteiger partial charge in [-0.3, -0.25) is 0 Å². The molecule has 2 unspecified atom stereocenters. The van der Waals surface area contributed by atoms with Gasteiger partial charge in [-0.2, -0.15) is 0 Å². The number of nitrogens with one attached hydrogen (secondary N) is 1. The summed E-state index contributed by atoms with van der Waals surface area (Å²) in [5.74, 6) is 0.466. The van der Waals surface area contributed by atoms with Crippen molar-refractivity contribution in [2.24, 2.45) is 11.7 Å². The quantitative estimate of drug-likeness (QED) is 0.620. The molecule has 2 saturated carbocycles. The molecule has 3 nitrogen and oxygen atoms in total. The van der Waals surface area contributed by atoms with E-state index in [0.29, 0.717) is 18.6 Å². The standard InChI is InChI=1S/C11H22N2O/c12-8-11(5-6-11)13-10-4-2-1-3-9(10)7-14/h9-10,13-14H,1-8,12H2. The fraction of sp³-hybridized carbons (Fsp3) is 1.00. The van der Waals surface area contributed by atoms with Crippen molar-refractivity contribution >= 4 is 0 Å². The van der Waals surface area contributed by atoms with Crippen molar-refractivity contribution in [3.05, 3.63) is 0 Å². The van der Waals surface area contributed by atoms with Crippen LogP contribution in [0.2, 0.25) is 0 Å². The molecule has 0 saturated heterocycles. The second kappa shape index (κ2) is 4.17. The van der Waals surface area contributed by atoms with Crippen molar-refractivity contribution in [1.82, 2.24) is 5.32 Å². The van der Waals surface area contributed by atoms with E-state index >= 15 is 0 Å². The van der Waals surface area contributed by atoms with Crippen molar-refractivity contribution in [2.45, 2.75) is 50.1 Å². The Morgan fingerprint density at radius 1 is 1.29 bits per heavy atom. The van der Waals surface area contributed by atoms with E-state index in [1.165, 1.54) is 38.5 Å². The topological polar surface area (TPSA) is 58.3 Å². The molecule has 0 bridgehead atoms. The monoisotopic (exact) mass is 198 g/mol. The highest BCUT2D eigenvalue weighted by Gasteiger charge is 2.43. The van der Waals surface area contributed by atoms with E-state index in [9.17, 15) is 5.11 Å². The lowest BCUT2D eigenvalue weighted by molar-refractivity contribution is 0.144. The van der Waals surface area contributed by atoms with Gasteiger partial charge in [0, 0.05) is 24.7 Å². The summed E-state index contributed by atoms with van der Waals surface area (Å²) in [6.07, 6.45) is 7.41. The van der Waals surface area contributed by atoms with E-state index in [2.05, 4.69) is 5.32 Å². The first-order valence-corrected chi connectivity index (χ1v) is 5.88. The Hall–Kier alpha value is -0.120. The Kier molecular flexibility index (Phi) is 3.10. The summed E-state index contributed by atoms with van der Waals surface area (Å²) < 4.78 is 0. The molecular weight excluding hydrogens is 176 g/mol. The first-order valence-electron chi connectivity index (χ1n) is 5.88. The lowest BCUT2D eigenvalue weighted by atomic mass is 9.84. The SMILES string of the molecule is NCC1(NC2CCCCC2CO)CC1. The van der Waals surface area contributed by atoms with Gasteiger partial charge in [-0.25, -0.2) is 0 Å². The maximum Gasteiger partial charge on any atom is 0.0474 e. The highest BCUT2D eigenvalue weighted by Crippen LogP contribution is 2.37. The predicted molar refractivity (Wildman–Crippen MR) is 57.0 cm³/mol. The Balaban J connectivity index is 1.88. The Bertz CT molecular complexity index is 192. The number of hydrogen-bond donors (Lipinski definition) is 3. The second-order valence-electron chi connectivity index (χ2n) is 4.96. The van der Waals surface area contributed by atoms with Crippen molar-refractivity contribution in [3.8, 4) is 0 Å². The summed E-state index contributed by atoms with van der Waals surface area (Å²) >= 11 is 0. The fourth-order valence-electron chi connectivity index (χ4n) is 2.57. The summed E-state index contributed by atoms with van der Waals surface area (Å²) in [6, 6.07) is 0.514. The maximum atomic E-state index is 9.28. The predicted octanol–water partition coefficient (Wildman–Crippen LogP) is 0.618. The Labute approximate surface area is 86.1 Å². The molecule has 14 heavy (non-hydrogen) atoms. The zero-order valence-corrected chi connectivity index (χ0v) is 8.84. The molecule has 0 aromatic heterocycles. The minimum atomic E-state index is 0.245. The van der Waals surface area contributed by atoms with E-state index in [-0.39, 0.29) is 5.54 Å². The average Bonchev–Trinajstić information content (AvgIpc) is 2.99. The molecule has 0 radical (unpaired) electrons. The normalized spacial score (nSPS) is 35.6. The number of aliphatic hydroxyl groups excluding tert-OH is 1. The van der Waals surface area contributed by atoms with Gasteiger partial charge in [0.05, 0.1) is 0 Å². The molecule has 0 amide bonds. The molecule has 2 rings (SSSR count). The van der Waals surface area contributed by atoms with Crippen LogP contribution < -0.4 is 11.1 Å². The van der Waals surface area contributed by atoms with Crippen molar-refractivity contribution < 1.29 is 5.11 Å². The zero-order chi connectivity index (χ0) is 10.0. The number of rotatable bonds is 4. The summed E-state index contributed by atoms with van der Waals surface area (Å²) in [4.78, 5) is 0. The number of nitrogens with two attached hydrogens (primary N) is 1. The van der Waals surface area contributed by atoms with E-state index < -0.39 is 0 Å². The molecule has 0 aromatic carbocycles. The van der Waals surface area contributed by atoms with Gasteiger partial charge in [-0.1, -0.05) is 12.8 Å². The van der Waals surface area contributed by atoms with Crippen molar-refractivity contribution in [2.75, 3.05) is 13.2 Å². The number of hydrogen-bond acceptors (Lipinski definition) is 3. The van der Waals surface area contributed by atoms with Gasteiger partial charge < -0.3 is 16.2 Å². The lowest BCUT2D eigenvalue weighted by Gasteiger charge is -2.34. The van der Waals surface area contributed by atoms with Gasteiger partial charge in [0.2, 0.25) is 0 Å². The smallest absolute Gasteiger partial charge is 0.0474 e. The maximum absolute atomic E-state index is 9.28. The molecule has 2 aliphatic carbocycles. The van der Waals surface area contributed by atoms with Crippen molar-refractivity contribution in [3.63, 3.8) is 0 Å². The molecule has 3 heteroatoms. The summed E-state index contributed by atoms with van der Waals surface area (Å²) in [7, 11) is 0. The van der Waals surface area contributed by atoms with Crippen LogP contribution in [0, 0.1) is 5.92 Å². The average molecular weight is 198 g/mol. The van der Waals surface area contributed by atoms with E-state index in [1.807, 2.05) is 0 Å². The van der Waals surface area contributed by atoms with Crippen LogP contribution in [0.4, 0.5) is 0 Å². The summed E-state index contributed by atoms with van der Waals surface area (Å²) in [6.45, 7) is 1.08. The molecular formula is C11H22N2O. The molecule has 0 spiro atoms. The fourth-order valence-corrected chi connectivity index (χ4v) is 2.57. The Morgan fingerprint density at radius 3 is 2.57 bits per heavy atom. The largest absolute Gasteiger partial charge is 0.396 e. The zero-order valence-electron chi connectivity index (χ0n) is 8.84. The first-order chi connectivity index (χ1) is 6.79. The summed E-state index contributed by atoms with van der Waals surface area (Å²) in [5.41, 5.74) is 5.99. The summed E-state index contributed by atoms with van der Waals surface area (Å²) in [5, 5.41) is 13.0. The molecule has 4 N–H and O–H groups in total. The van der Waals surface area contributed by atoms with Crippen LogP contribution in [0.1, 0.15) is 38.5 Å². The third kappa shape index (κ3) is 2.10. The van der Waals surface area contributed by atoms with Gasteiger partial charge in [0.25, 0.3) is 0 Å². The van der Waals surface area contributed by atoms with Crippen molar-refractivity contribution in [1.29, 1.82) is 0 Å². The van der Waals surface area contributed by atoms with E-state index in [1.54, 1.807) is 0 Å². The highest BCUT2D eigenvalue weighted by molar-refractivity contribution is 5.05. The van der Waals surface area contributed by atoms with Gasteiger partial charge in [0.15, 0.2) is 0 Å². The number of aliphatic hydroxyl groups is 1. The molecule has 0 heterocycles. The third-order valence-corrected chi connectivity index (χ3v) is 3.88. The van der Waals surface area contributed by atoms with Crippen LogP contribution in [0.5, 0.6) is 0 Å². The molecule has 0 aliphatic heterocycles. The van der Waals surface area contributed by atoms with Crippen LogP contribution in [0.25, 0.3) is 0 Å². The van der Waals surface area contributed by atoms with Gasteiger partial charge in [-0.15, -0.1) is 0 Å². The Morgan fingerprint density at radius 2 is 2.00 bits per heavy atom. The molecule has 2 fully saturated rings. The molecule has 2 aliphatic rings. The van der Waals surface area contributed by atoms with Crippen LogP contribution in [-0.2, 0) is 0 Å². The van der Waals surface area contributed by atoms with Gasteiger partial charge in [0.1, 0.15) is 0 Å². The van der Waals surface area contributed by atoms with E-state index in [0.717, 1.165) is 6.54 Å². The van der Waals surface area contributed by atoms with Gasteiger partial charge in [-0.05, 0) is 31.6 Å². The van der Waals surface area contributed by atoms with Crippen LogP contribution in [0.15, 0.2) is 0 Å². The lowest BCUT2D eigenvalue weighted by Crippen LogP contribution is -2.49. The third-order valence-electron chi connectivity index (χ3n) is 3.88. The van der Waals surface area contributed by atoms with Gasteiger partial charge >= 0.3 is 0 Å². The van der Waals surface area contributed by atoms with E-state index in [4.69, 9.17) is 5.73 Å². The first kappa shape index (κ1) is 10.4. The minimum Gasteiger partial charge on any atom is -0.396 e. The van der Waals surface area contributed by atoms with Crippen LogP contribution in [0.3, 0.4) is 0 Å². The van der Waals surface area contributed by atoms with Crippen LogP contribution >= 0.6 is 0 Å².